The normalized spacial score (nSPS) is 11.8. The molecule has 0 aliphatic rings. The van der Waals surface area contributed by atoms with E-state index in [2.05, 4.69) is 37.6 Å². The molecule has 0 radical (unpaired) electrons. The Hall–Kier alpha value is -1.53. The minimum Gasteiger partial charge on any atom is -0.492 e. The minimum atomic E-state index is -0.142. The van der Waals surface area contributed by atoms with Crippen molar-refractivity contribution in [2.75, 3.05) is 13.2 Å². The van der Waals surface area contributed by atoms with Crippen molar-refractivity contribution in [2.24, 2.45) is 11.8 Å². The Kier molecular flexibility index (Phi) is 6.24. The monoisotopic (exact) mass is 247 g/mol. The largest absolute Gasteiger partial charge is 0.492 e. The van der Waals surface area contributed by atoms with E-state index in [-0.39, 0.29) is 6.61 Å². The van der Waals surface area contributed by atoms with E-state index in [1.807, 2.05) is 6.07 Å². The molecule has 0 saturated carbocycles. The van der Waals surface area contributed by atoms with E-state index in [0.717, 1.165) is 17.7 Å². The third-order valence-electron chi connectivity index (χ3n) is 2.43. The van der Waals surface area contributed by atoms with Crippen LogP contribution >= 0.6 is 0 Å². The maximum atomic E-state index is 8.63. The molecule has 1 unspecified atom stereocenters. The second kappa shape index (κ2) is 7.73. The molecule has 98 valence electrons. The summed E-state index contributed by atoms with van der Waals surface area (Å²) in [6.07, 6.45) is 4.50. The minimum absolute atomic E-state index is 0.142. The molecule has 0 amide bonds. The highest BCUT2D eigenvalue weighted by atomic mass is 16.5. The number of aromatic nitrogens is 1. The van der Waals surface area contributed by atoms with Crippen LogP contribution in [0.5, 0.6) is 5.75 Å². The van der Waals surface area contributed by atoms with E-state index in [1.54, 1.807) is 12.4 Å². The van der Waals surface area contributed by atoms with Gasteiger partial charge in [0.15, 0.2) is 0 Å². The fourth-order valence-electron chi connectivity index (χ4n) is 1.82. The molecule has 3 heteroatoms. The highest BCUT2D eigenvalue weighted by molar-refractivity contribution is 5.36. The topological polar surface area (TPSA) is 42.4 Å². The Labute approximate surface area is 109 Å². The van der Waals surface area contributed by atoms with E-state index in [9.17, 15) is 0 Å². The van der Waals surface area contributed by atoms with Crippen LogP contribution in [0.2, 0.25) is 0 Å². The molecule has 3 nitrogen and oxygen atoms in total. The Bertz CT molecular complexity index is 418. The van der Waals surface area contributed by atoms with Gasteiger partial charge in [0, 0.05) is 11.8 Å². The molecule has 0 spiro atoms. The van der Waals surface area contributed by atoms with Crippen molar-refractivity contribution in [3.63, 3.8) is 0 Å². The third kappa shape index (κ3) is 5.70. The molecule has 1 heterocycles. The van der Waals surface area contributed by atoms with E-state index in [0.29, 0.717) is 18.4 Å². The summed E-state index contributed by atoms with van der Waals surface area (Å²) in [6.45, 7) is 7.16. The second-order valence-electron chi connectivity index (χ2n) is 4.91. The maximum absolute atomic E-state index is 8.63. The molecule has 1 N–H and O–H groups in total. The average molecular weight is 247 g/mol. The average Bonchev–Trinajstić information content (AvgIpc) is 2.33. The maximum Gasteiger partial charge on any atom is 0.138 e. The van der Waals surface area contributed by atoms with Crippen LogP contribution in [0.4, 0.5) is 0 Å². The second-order valence-corrected chi connectivity index (χ2v) is 4.91. The van der Waals surface area contributed by atoms with Crippen molar-refractivity contribution in [1.82, 2.24) is 4.98 Å². The number of pyridine rings is 1. The third-order valence-corrected chi connectivity index (χ3v) is 2.43. The summed E-state index contributed by atoms with van der Waals surface area (Å²) in [5, 5.41) is 8.63. The van der Waals surface area contributed by atoms with Gasteiger partial charge in [-0.25, -0.2) is 0 Å². The van der Waals surface area contributed by atoms with Gasteiger partial charge in [0.1, 0.15) is 12.4 Å². The lowest BCUT2D eigenvalue weighted by molar-refractivity contribution is 0.238. The zero-order chi connectivity index (χ0) is 13.4. The van der Waals surface area contributed by atoms with Crippen molar-refractivity contribution in [2.45, 2.75) is 27.2 Å². The standard InChI is InChI=1S/C15H21NO2/c1-12(2)7-13(3)11-18-15-8-14(5-4-6-17)9-16-10-15/h8-10,12-13,17H,6-7,11H2,1-3H3. The van der Waals surface area contributed by atoms with Crippen molar-refractivity contribution < 1.29 is 9.84 Å². The van der Waals surface area contributed by atoms with Crippen LogP contribution < -0.4 is 4.74 Å². The molecule has 1 rings (SSSR count). The van der Waals surface area contributed by atoms with Crippen molar-refractivity contribution >= 4 is 0 Å². The Morgan fingerprint density at radius 1 is 1.33 bits per heavy atom. The van der Waals surface area contributed by atoms with Crippen LogP contribution in [0.1, 0.15) is 32.8 Å². The first-order chi connectivity index (χ1) is 8.61. The molecule has 0 bridgehead atoms. The molecule has 0 aromatic carbocycles. The molecule has 18 heavy (non-hydrogen) atoms. The molecular weight excluding hydrogens is 226 g/mol. The van der Waals surface area contributed by atoms with Crippen LogP contribution in [0, 0.1) is 23.7 Å². The van der Waals surface area contributed by atoms with Crippen LogP contribution in [0.15, 0.2) is 18.5 Å². The summed E-state index contributed by atoms with van der Waals surface area (Å²) < 4.78 is 5.70. The van der Waals surface area contributed by atoms with Crippen LogP contribution in [0.3, 0.4) is 0 Å². The van der Waals surface area contributed by atoms with E-state index in [4.69, 9.17) is 9.84 Å². The van der Waals surface area contributed by atoms with Crippen molar-refractivity contribution in [1.29, 1.82) is 0 Å². The lowest BCUT2D eigenvalue weighted by Gasteiger charge is -2.14. The number of rotatable bonds is 5. The lowest BCUT2D eigenvalue weighted by atomic mass is 10.00. The Morgan fingerprint density at radius 2 is 2.11 bits per heavy atom. The first-order valence-corrected chi connectivity index (χ1v) is 6.29. The highest BCUT2D eigenvalue weighted by Gasteiger charge is 2.06. The van der Waals surface area contributed by atoms with Gasteiger partial charge >= 0.3 is 0 Å². The predicted molar refractivity (Wildman–Crippen MR) is 72.3 cm³/mol. The molecule has 1 atom stereocenters. The smallest absolute Gasteiger partial charge is 0.138 e. The van der Waals surface area contributed by atoms with Gasteiger partial charge in [-0.05, 0) is 24.3 Å². The molecular formula is C15H21NO2. The van der Waals surface area contributed by atoms with Gasteiger partial charge in [-0.2, -0.15) is 0 Å². The highest BCUT2D eigenvalue weighted by Crippen LogP contribution is 2.15. The molecule has 0 fully saturated rings. The molecule has 1 aromatic heterocycles. The number of aliphatic hydroxyl groups excluding tert-OH is 1. The fraction of sp³-hybridized carbons (Fsp3) is 0.533. The number of aliphatic hydroxyl groups is 1. The number of nitrogens with zero attached hydrogens (tertiary/aromatic N) is 1. The van der Waals surface area contributed by atoms with Gasteiger partial charge in [-0.3, -0.25) is 4.98 Å². The lowest BCUT2D eigenvalue weighted by Crippen LogP contribution is -2.11. The van der Waals surface area contributed by atoms with Crippen LogP contribution in [-0.4, -0.2) is 23.3 Å². The summed E-state index contributed by atoms with van der Waals surface area (Å²) in [5.41, 5.74) is 0.762. The predicted octanol–water partition coefficient (Wildman–Crippen LogP) is 2.49. The SMILES string of the molecule is CC(C)CC(C)COc1cncc(C#CCO)c1. The summed E-state index contributed by atoms with van der Waals surface area (Å²) >= 11 is 0. The van der Waals surface area contributed by atoms with Crippen molar-refractivity contribution in [3.8, 4) is 17.6 Å². The first kappa shape index (κ1) is 14.5. The van der Waals surface area contributed by atoms with E-state index in [1.165, 1.54) is 0 Å². The number of hydrogen-bond donors (Lipinski definition) is 1. The van der Waals surface area contributed by atoms with Crippen LogP contribution in [0.25, 0.3) is 0 Å². The van der Waals surface area contributed by atoms with Gasteiger partial charge in [0.2, 0.25) is 0 Å². The van der Waals surface area contributed by atoms with Crippen molar-refractivity contribution in [3.05, 3.63) is 24.0 Å². The summed E-state index contributed by atoms with van der Waals surface area (Å²) in [6, 6.07) is 1.84. The summed E-state index contributed by atoms with van der Waals surface area (Å²) in [5.74, 6) is 7.35. The molecule has 0 saturated heterocycles. The number of ether oxygens (including phenoxy) is 1. The quantitative estimate of drug-likeness (QED) is 0.813. The summed E-state index contributed by atoms with van der Waals surface area (Å²) in [4.78, 5) is 4.07. The molecule has 0 aliphatic carbocycles. The first-order valence-electron chi connectivity index (χ1n) is 6.29. The van der Waals surface area contributed by atoms with Crippen LogP contribution in [-0.2, 0) is 0 Å². The van der Waals surface area contributed by atoms with Gasteiger partial charge in [0.05, 0.1) is 12.8 Å². The van der Waals surface area contributed by atoms with Gasteiger partial charge in [-0.1, -0.05) is 32.6 Å². The van der Waals surface area contributed by atoms with E-state index >= 15 is 0 Å². The van der Waals surface area contributed by atoms with E-state index < -0.39 is 0 Å². The summed E-state index contributed by atoms with van der Waals surface area (Å²) in [7, 11) is 0. The zero-order valence-electron chi connectivity index (χ0n) is 11.3. The Balaban J connectivity index is 2.52. The molecule has 0 aliphatic heterocycles. The van der Waals surface area contributed by atoms with Gasteiger partial charge in [0.25, 0.3) is 0 Å². The van der Waals surface area contributed by atoms with Gasteiger partial charge < -0.3 is 9.84 Å². The Morgan fingerprint density at radius 3 is 2.78 bits per heavy atom. The zero-order valence-corrected chi connectivity index (χ0v) is 11.3. The number of hydrogen-bond acceptors (Lipinski definition) is 3. The fourth-order valence-corrected chi connectivity index (χ4v) is 1.82. The molecule has 1 aromatic rings. The van der Waals surface area contributed by atoms with Gasteiger partial charge in [-0.15, -0.1) is 0 Å².